The molecular weight excluding hydrogens is 320 g/mol. The number of carbonyl (C=O) groups is 3. The number of imide groups is 1. The smallest absolute Gasteiger partial charge is 0.243 e. The monoisotopic (exact) mass is 340 g/mol. The summed E-state index contributed by atoms with van der Waals surface area (Å²) in [4.78, 5) is 39.6. The molecule has 0 aromatic carbocycles. The van der Waals surface area contributed by atoms with Crippen LogP contribution >= 0.6 is 0 Å². The van der Waals surface area contributed by atoms with Crippen molar-refractivity contribution in [1.82, 2.24) is 10.2 Å². The van der Waals surface area contributed by atoms with Crippen LogP contribution in [0.4, 0.5) is 0 Å². The van der Waals surface area contributed by atoms with Crippen molar-refractivity contribution in [3.05, 3.63) is 36.3 Å². The molecule has 0 radical (unpaired) electrons. The van der Waals surface area contributed by atoms with E-state index >= 15 is 0 Å². The summed E-state index contributed by atoms with van der Waals surface area (Å²) in [5.74, 6) is 0.948. The lowest BCUT2D eigenvalue weighted by Crippen LogP contribution is -2.48. The van der Waals surface area contributed by atoms with Crippen molar-refractivity contribution in [3.8, 4) is 0 Å². The first-order valence-corrected chi connectivity index (χ1v) is 8.93. The molecule has 2 saturated carbocycles. The van der Waals surface area contributed by atoms with Gasteiger partial charge in [0.25, 0.3) is 0 Å². The van der Waals surface area contributed by atoms with E-state index in [0.29, 0.717) is 17.6 Å². The fourth-order valence-corrected chi connectivity index (χ4v) is 5.21. The summed E-state index contributed by atoms with van der Waals surface area (Å²) in [6.45, 7) is 1.87. The predicted octanol–water partition coefficient (Wildman–Crippen LogP) is 1.34. The van der Waals surface area contributed by atoms with E-state index < -0.39 is 6.04 Å². The summed E-state index contributed by atoms with van der Waals surface area (Å²) in [6, 6.07) is 2.72. The fourth-order valence-electron chi connectivity index (χ4n) is 5.21. The highest BCUT2D eigenvalue weighted by molar-refractivity contribution is 6.09. The summed E-state index contributed by atoms with van der Waals surface area (Å²) in [5, 5.41) is 2.75. The van der Waals surface area contributed by atoms with Crippen molar-refractivity contribution >= 4 is 17.7 Å². The van der Waals surface area contributed by atoms with E-state index in [-0.39, 0.29) is 47.9 Å². The van der Waals surface area contributed by atoms with E-state index in [2.05, 4.69) is 17.5 Å². The molecule has 2 bridgehead atoms. The zero-order chi connectivity index (χ0) is 17.3. The first-order valence-electron chi connectivity index (χ1n) is 8.93. The van der Waals surface area contributed by atoms with Gasteiger partial charge < -0.3 is 9.73 Å². The zero-order valence-electron chi connectivity index (χ0n) is 13.9. The number of nitrogens with zero attached hydrogens (tertiary/aromatic N) is 1. The van der Waals surface area contributed by atoms with Crippen molar-refractivity contribution in [2.24, 2.45) is 35.5 Å². The third-order valence-electron chi connectivity index (χ3n) is 6.48. The first kappa shape index (κ1) is 14.9. The Kier molecular flexibility index (Phi) is 3.03. The Morgan fingerprint density at radius 1 is 1.24 bits per heavy atom. The van der Waals surface area contributed by atoms with E-state index in [1.54, 1.807) is 19.1 Å². The van der Waals surface area contributed by atoms with Crippen molar-refractivity contribution in [2.75, 3.05) is 0 Å². The Morgan fingerprint density at radius 3 is 2.44 bits per heavy atom. The van der Waals surface area contributed by atoms with Crippen molar-refractivity contribution < 1.29 is 18.8 Å². The van der Waals surface area contributed by atoms with Gasteiger partial charge in [0.05, 0.1) is 24.6 Å². The molecular formula is C19H20N2O4. The lowest BCUT2D eigenvalue weighted by molar-refractivity contribution is -0.147. The molecule has 4 aliphatic carbocycles. The molecule has 6 heteroatoms. The predicted molar refractivity (Wildman–Crippen MR) is 86.6 cm³/mol. The first-order chi connectivity index (χ1) is 12.1. The SMILES string of the molecule is C[C@H](C(=O)NCc1ccco1)N1C(=O)[C@H]2[C@@H]3C=C[C@H]([C@H]4C[C@H]34)[C@@H]2C1=O. The number of carbonyl (C=O) groups excluding carboxylic acids is 3. The number of hydrogen-bond donors (Lipinski definition) is 1. The molecule has 1 saturated heterocycles. The van der Waals surface area contributed by atoms with Crippen LogP contribution in [0.5, 0.6) is 0 Å². The maximum Gasteiger partial charge on any atom is 0.243 e. The second-order valence-corrected chi connectivity index (χ2v) is 7.67. The summed E-state index contributed by atoms with van der Waals surface area (Å²) >= 11 is 0. The summed E-state index contributed by atoms with van der Waals surface area (Å²) in [6.07, 6.45) is 6.94. The van der Waals surface area contributed by atoms with Crippen molar-refractivity contribution in [2.45, 2.75) is 25.9 Å². The maximum absolute atomic E-state index is 13.0. The molecule has 1 aliphatic heterocycles. The standard InChI is InChI=1S/C19H20N2O4/c1-9(17(22)20-8-10-3-2-6-25-10)21-18(23)15-11-4-5-12(14-7-13(11)14)16(15)19(21)24/h2-6,9,11-16H,7-8H2,1H3,(H,20,22)/t9-,11-,12-,13-,14-,15+,16+/m1/s1. The number of rotatable bonds is 4. The van der Waals surface area contributed by atoms with E-state index in [9.17, 15) is 14.4 Å². The van der Waals surface area contributed by atoms with Gasteiger partial charge in [0.15, 0.2) is 0 Å². The topological polar surface area (TPSA) is 79.6 Å². The minimum atomic E-state index is -0.795. The van der Waals surface area contributed by atoms with Crippen LogP contribution in [-0.4, -0.2) is 28.7 Å². The molecule has 7 atom stereocenters. The van der Waals surface area contributed by atoms with Crippen LogP contribution in [-0.2, 0) is 20.9 Å². The number of nitrogens with one attached hydrogen (secondary N) is 1. The molecule has 3 fully saturated rings. The quantitative estimate of drug-likeness (QED) is 0.663. The summed E-state index contributed by atoms with van der Waals surface area (Å²) in [5.41, 5.74) is 0. The van der Waals surface area contributed by atoms with Gasteiger partial charge in [-0.2, -0.15) is 0 Å². The second kappa shape index (κ2) is 5.07. The summed E-state index contributed by atoms with van der Waals surface area (Å²) < 4.78 is 5.19. The maximum atomic E-state index is 13.0. The van der Waals surface area contributed by atoms with Gasteiger partial charge in [-0.3, -0.25) is 19.3 Å². The van der Waals surface area contributed by atoms with Gasteiger partial charge in [-0.25, -0.2) is 0 Å². The molecule has 0 unspecified atom stereocenters. The number of allylic oxidation sites excluding steroid dienone is 2. The molecule has 0 spiro atoms. The lowest BCUT2D eigenvalue weighted by atomic mass is 9.63. The molecule has 1 aromatic heterocycles. The normalized spacial score (nSPS) is 38.5. The van der Waals surface area contributed by atoms with E-state index in [1.807, 2.05) is 0 Å². The molecule has 130 valence electrons. The fraction of sp³-hybridized carbons (Fsp3) is 0.526. The van der Waals surface area contributed by atoms with Crippen LogP contribution in [0.15, 0.2) is 35.0 Å². The summed E-state index contributed by atoms with van der Waals surface area (Å²) in [7, 11) is 0. The van der Waals surface area contributed by atoms with Crippen LogP contribution < -0.4 is 5.32 Å². The lowest BCUT2D eigenvalue weighted by Gasteiger charge is -2.37. The van der Waals surface area contributed by atoms with Crippen LogP contribution in [0, 0.1) is 35.5 Å². The third kappa shape index (κ3) is 2.00. The third-order valence-corrected chi connectivity index (χ3v) is 6.48. The minimum Gasteiger partial charge on any atom is -0.467 e. The minimum absolute atomic E-state index is 0.166. The van der Waals surface area contributed by atoms with Gasteiger partial charge >= 0.3 is 0 Å². The highest BCUT2D eigenvalue weighted by Gasteiger charge is 2.67. The molecule has 1 N–H and O–H groups in total. The highest BCUT2D eigenvalue weighted by Crippen LogP contribution is 2.65. The van der Waals surface area contributed by atoms with Crippen LogP contribution in [0.1, 0.15) is 19.1 Å². The highest BCUT2D eigenvalue weighted by atomic mass is 16.3. The molecule has 2 heterocycles. The number of amides is 3. The molecule has 25 heavy (non-hydrogen) atoms. The Labute approximate surface area is 145 Å². The van der Waals surface area contributed by atoms with Gasteiger partial charge in [-0.15, -0.1) is 0 Å². The average molecular weight is 340 g/mol. The molecule has 6 nitrogen and oxygen atoms in total. The zero-order valence-corrected chi connectivity index (χ0v) is 13.9. The van der Waals surface area contributed by atoms with Gasteiger partial charge in [0.2, 0.25) is 17.7 Å². The molecule has 1 aromatic rings. The largest absolute Gasteiger partial charge is 0.467 e. The van der Waals surface area contributed by atoms with Crippen LogP contribution in [0.25, 0.3) is 0 Å². The van der Waals surface area contributed by atoms with Gasteiger partial charge in [-0.05, 0) is 49.1 Å². The number of likely N-dealkylation sites (tertiary alicyclic amines) is 1. The second-order valence-electron chi connectivity index (χ2n) is 7.67. The Balaban J connectivity index is 1.33. The van der Waals surface area contributed by atoms with Crippen LogP contribution in [0.3, 0.4) is 0 Å². The molecule has 6 rings (SSSR count). The Hall–Kier alpha value is -2.37. The van der Waals surface area contributed by atoms with E-state index in [0.717, 1.165) is 6.42 Å². The van der Waals surface area contributed by atoms with Crippen molar-refractivity contribution in [1.29, 1.82) is 0 Å². The molecule has 5 aliphatic rings. The number of hydrogen-bond acceptors (Lipinski definition) is 4. The average Bonchev–Trinajstić information content (AvgIpc) is 3.21. The van der Waals surface area contributed by atoms with Crippen molar-refractivity contribution in [3.63, 3.8) is 0 Å². The van der Waals surface area contributed by atoms with Gasteiger partial charge in [-0.1, -0.05) is 12.2 Å². The van der Waals surface area contributed by atoms with E-state index in [4.69, 9.17) is 4.42 Å². The number of furan rings is 1. The Bertz CT molecular complexity index is 747. The van der Waals surface area contributed by atoms with Gasteiger partial charge in [0.1, 0.15) is 11.8 Å². The van der Waals surface area contributed by atoms with Gasteiger partial charge in [0, 0.05) is 0 Å². The van der Waals surface area contributed by atoms with E-state index in [1.165, 1.54) is 11.2 Å². The molecule has 3 amide bonds. The van der Waals surface area contributed by atoms with Crippen LogP contribution in [0.2, 0.25) is 0 Å². The Morgan fingerprint density at radius 2 is 1.88 bits per heavy atom.